The van der Waals surface area contributed by atoms with E-state index in [1.54, 1.807) is 0 Å². The number of hydrogen-bond donors (Lipinski definition) is 1. The SMILES string of the molecule is CCO[Si](C)(CC)OCC.OCC1CO1. The van der Waals surface area contributed by atoms with Gasteiger partial charge < -0.3 is 18.7 Å². The minimum Gasteiger partial charge on any atom is -0.395 e. The predicted octanol–water partition coefficient (Wildman–Crippen LogP) is 1.53. The van der Waals surface area contributed by atoms with Gasteiger partial charge in [0.05, 0.1) is 13.2 Å². The Kier molecular flexibility index (Phi) is 8.27. The molecule has 1 N–H and O–H groups in total. The van der Waals surface area contributed by atoms with E-state index >= 15 is 0 Å². The monoisotopic (exact) mass is 236 g/mol. The predicted molar refractivity (Wildman–Crippen MR) is 62.2 cm³/mol. The van der Waals surface area contributed by atoms with Gasteiger partial charge in [-0.2, -0.15) is 0 Å². The molecular weight excluding hydrogens is 212 g/mol. The Balaban J connectivity index is 0.000000322. The topological polar surface area (TPSA) is 51.2 Å². The van der Waals surface area contributed by atoms with Crippen LogP contribution < -0.4 is 0 Å². The third kappa shape index (κ3) is 7.93. The maximum Gasteiger partial charge on any atom is 0.334 e. The van der Waals surface area contributed by atoms with Gasteiger partial charge in [0.25, 0.3) is 0 Å². The first-order valence-corrected chi connectivity index (χ1v) is 8.14. The number of epoxide rings is 1. The molecule has 15 heavy (non-hydrogen) atoms. The van der Waals surface area contributed by atoms with E-state index in [0.717, 1.165) is 25.9 Å². The van der Waals surface area contributed by atoms with Crippen molar-refractivity contribution in [2.75, 3.05) is 26.4 Å². The quantitative estimate of drug-likeness (QED) is 0.561. The van der Waals surface area contributed by atoms with Gasteiger partial charge in [-0.05, 0) is 26.4 Å². The van der Waals surface area contributed by atoms with E-state index in [1.165, 1.54) is 0 Å². The molecule has 4 nitrogen and oxygen atoms in total. The normalized spacial score (nSPS) is 19.4. The summed E-state index contributed by atoms with van der Waals surface area (Å²) in [6.45, 7) is 10.8. The molecule has 0 bridgehead atoms. The zero-order valence-corrected chi connectivity index (χ0v) is 11.3. The maximum absolute atomic E-state index is 8.08. The number of aliphatic hydroxyl groups is 1. The average molecular weight is 236 g/mol. The van der Waals surface area contributed by atoms with E-state index in [9.17, 15) is 0 Å². The summed E-state index contributed by atoms with van der Waals surface area (Å²) in [5.41, 5.74) is 0. The minimum absolute atomic E-state index is 0.190. The van der Waals surface area contributed by atoms with Crippen molar-refractivity contribution in [3.8, 4) is 0 Å². The van der Waals surface area contributed by atoms with Crippen LogP contribution >= 0.6 is 0 Å². The van der Waals surface area contributed by atoms with E-state index in [-0.39, 0.29) is 12.7 Å². The largest absolute Gasteiger partial charge is 0.395 e. The first-order chi connectivity index (χ1) is 7.11. The molecule has 1 heterocycles. The van der Waals surface area contributed by atoms with Crippen LogP contribution in [-0.2, 0) is 13.6 Å². The summed E-state index contributed by atoms with van der Waals surface area (Å²) in [6, 6.07) is 1.04. The Bertz CT molecular complexity index is 144. The van der Waals surface area contributed by atoms with Gasteiger partial charge >= 0.3 is 8.56 Å². The average Bonchev–Trinajstić information content (AvgIpc) is 3.03. The summed E-state index contributed by atoms with van der Waals surface area (Å²) in [5, 5.41) is 8.08. The first kappa shape index (κ1) is 15.1. The Morgan fingerprint density at radius 3 is 1.87 bits per heavy atom. The molecule has 0 aliphatic carbocycles. The summed E-state index contributed by atoms with van der Waals surface area (Å²) >= 11 is 0. The van der Waals surface area contributed by atoms with E-state index in [4.69, 9.17) is 14.0 Å². The smallest absolute Gasteiger partial charge is 0.334 e. The molecule has 0 aromatic carbocycles. The zero-order chi connectivity index (χ0) is 11.7. The van der Waals surface area contributed by atoms with Crippen molar-refractivity contribution in [3.05, 3.63) is 0 Å². The van der Waals surface area contributed by atoms with Crippen LogP contribution in [0.25, 0.3) is 0 Å². The molecule has 0 saturated carbocycles. The third-order valence-corrected chi connectivity index (χ3v) is 5.23. The van der Waals surface area contributed by atoms with Crippen LogP contribution in [0, 0.1) is 0 Å². The molecule has 0 aromatic heterocycles. The Morgan fingerprint density at radius 1 is 1.27 bits per heavy atom. The molecule has 92 valence electrons. The van der Waals surface area contributed by atoms with Gasteiger partial charge in [-0.15, -0.1) is 0 Å². The lowest BCUT2D eigenvalue weighted by molar-refractivity contribution is 0.190. The van der Waals surface area contributed by atoms with Crippen molar-refractivity contribution in [1.82, 2.24) is 0 Å². The molecule has 1 atom stereocenters. The summed E-state index contributed by atoms with van der Waals surface area (Å²) in [6.07, 6.45) is 0.190. The molecule has 0 spiro atoms. The number of hydrogen-bond acceptors (Lipinski definition) is 4. The lowest BCUT2D eigenvalue weighted by atomic mass is 10.5. The van der Waals surface area contributed by atoms with Crippen LogP contribution in [0.15, 0.2) is 0 Å². The van der Waals surface area contributed by atoms with E-state index in [1.807, 2.05) is 13.8 Å². The van der Waals surface area contributed by atoms with Gasteiger partial charge in [0.2, 0.25) is 0 Å². The fourth-order valence-electron chi connectivity index (χ4n) is 1.03. The fourth-order valence-corrected chi connectivity index (χ4v) is 2.74. The highest BCUT2D eigenvalue weighted by Gasteiger charge is 2.27. The number of aliphatic hydroxyl groups excluding tert-OH is 1. The maximum atomic E-state index is 8.08. The highest BCUT2D eigenvalue weighted by atomic mass is 28.4. The van der Waals surface area contributed by atoms with Crippen molar-refractivity contribution < 1.29 is 18.7 Å². The van der Waals surface area contributed by atoms with Crippen LogP contribution in [-0.4, -0.2) is 46.2 Å². The van der Waals surface area contributed by atoms with Crippen molar-refractivity contribution in [1.29, 1.82) is 0 Å². The van der Waals surface area contributed by atoms with Crippen LogP contribution in [0.4, 0.5) is 0 Å². The summed E-state index contributed by atoms with van der Waals surface area (Å²) in [4.78, 5) is 0. The lowest BCUT2D eigenvalue weighted by Gasteiger charge is -2.23. The standard InChI is InChI=1S/C7H18O2Si.C3H6O2/c1-5-8-10(4,7-3)9-6-2;4-1-3-2-5-3/h5-7H2,1-4H3;3-4H,1-2H2. The van der Waals surface area contributed by atoms with Gasteiger partial charge in [0.15, 0.2) is 0 Å². The molecule has 0 radical (unpaired) electrons. The van der Waals surface area contributed by atoms with Crippen molar-refractivity contribution >= 4 is 8.56 Å². The molecule has 0 amide bonds. The zero-order valence-electron chi connectivity index (χ0n) is 10.3. The first-order valence-electron chi connectivity index (χ1n) is 5.62. The Labute approximate surface area is 93.8 Å². The van der Waals surface area contributed by atoms with Crippen LogP contribution in [0.3, 0.4) is 0 Å². The van der Waals surface area contributed by atoms with Gasteiger partial charge in [-0.1, -0.05) is 6.92 Å². The summed E-state index contributed by atoms with van der Waals surface area (Å²) in [5.74, 6) is 0. The number of rotatable bonds is 6. The molecule has 1 fully saturated rings. The molecule has 1 unspecified atom stereocenters. The van der Waals surface area contributed by atoms with E-state index < -0.39 is 8.56 Å². The van der Waals surface area contributed by atoms with Gasteiger partial charge in [0.1, 0.15) is 6.10 Å². The van der Waals surface area contributed by atoms with Gasteiger partial charge in [0, 0.05) is 13.2 Å². The molecule has 1 aliphatic heterocycles. The van der Waals surface area contributed by atoms with Crippen molar-refractivity contribution in [3.63, 3.8) is 0 Å². The molecule has 1 aliphatic rings. The third-order valence-electron chi connectivity index (χ3n) is 2.15. The Morgan fingerprint density at radius 2 is 1.73 bits per heavy atom. The van der Waals surface area contributed by atoms with E-state index in [2.05, 4.69) is 18.2 Å². The summed E-state index contributed by atoms with van der Waals surface area (Å²) in [7, 11) is -1.72. The van der Waals surface area contributed by atoms with Crippen molar-refractivity contribution in [2.24, 2.45) is 0 Å². The highest BCUT2D eigenvalue weighted by Crippen LogP contribution is 2.11. The summed E-state index contributed by atoms with van der Waals surface area (Å²) < 4.78 is 15.7. The van der Waals surface area contributed by atoms with E-state index in [0.29, 0.717) is 0 Å². The second-order valence-corrected chi connectivity index (χ2v) is 7.04. The van der Waals surface area contributed by atoms with Crippen LogP contribution in [0.2, 0.25) is 12.6 Å². The molecule has 0 aromatic rings. The molecule has 1 saturated heterocycles. The molecular formula is C10H24O4Si. The second-order valence-electron chi connectivity index (χ2n) is 3.49. The fraction of sp³-hybridized carbons (Fsp3) is 1.00. The van der Waals surface area contributed by atoms with Crippen molar-refractivity contribution in [2.45, 2.75) is 39.5 Å². The van der Waals surface area contributed by atoms with Crippen LogP contribution in [0.1, 0.15) is 20.8 Å². The van der Waals surface area contributed by atoms with Crippen LogP contribution in [0.5, 0.6) is 0 Å². The van der Waals surface area contributed by atoms with Gasteiger partial charge in [-0.3, -0.25) is 0 Å². The lowest BCUT2D eigenvalue weighted by Crippen LogP contribution is -2.37. The molecule has 1 rings (SSSR count). The van der Waals surface area contributed by atoms with Gasteiger partial charge in [-0.25, -0.2) is 0 Å². The Hall–Kier alpha value is 0.0569. The molecule has 5 heteroatoms. The highest BCUT2D eigenvalue weighted by molar-refractivity contribution is 6.65. The second kappa shape index (κ2) is 8.24. The number of ether oxygens (including phenoxy) is 1. The minimum atomic E-state index is -1.72.